The first kappa shape index (κ1) is 12.8. The van der Waals surface area contributed by atoms with Crippen molar-refractivity contribution in [3.8, 4) is 0 Å². The van der Waals surface area contributed by atoms with Crippen molar-refractivity contribution in [2.75, 3.05) is 19.6 Å². The first-order valence-electron chi connectivity index (χ1n) is 6.82. The van der Waals surface area contributed by atoms with Gasteiger partial charge in [-0.25, -0.2) is 0 Å². The molecule has 1 amide bonds. The lowest BCUT2D eigenvalue weighted by Gasteiger charge is -2.36. The van der Waals surface area contributed by atoms with Gasteiger partial charge in [-0.15, -0.1) is 0 Å². The molecule has 1 aliphatic heterocycles. The molecule has 1 aliphatic carbocycles. The number of nitrogens with zero attached hydrogens (tertiary/aromatic N) is 1. The number of carbonyl (C=O) groups excluding carboxylic acids is 1. The average Bonchev–Trinajstić information content (AvgIpc) is 2.81. The Labute approximate surface area is 103 Å². The molecule has 0 aromatic heterocycles. The SMILES string of the molecule is CC1CN(C(=O)CC2CCCC2)CC(CN)O1. The lowest BCUT2D eigenvalue weighted by molar-refractivity contribution is -0.144. The Hall–Kier alpha value is -0.610. The van der Waals surface area contributed by atoms with Crippen molar-refractivity contribution < 1.29 is 9.53 Å². The van der Waals surface area contributed by atoms with Crippen LogP contribution in [0.5, 0.6) is 0 Å². The fraction of sp³-hybridized carbons (Fsp3) is 0.923. The van der Waals surface area contributed by atoms with Gasteiger partial charge in [-0.3, -0.25) is 4.79 Å². The zero-order valence-electron chi connectivity index (χ0n) is 10.7. The number of rotatable bonds is 3. The highest BCUT2D eigenvalue weighted by molar-refractivity contribution is 5.76. The van der Waals surface area contributed by atoms with Crippen LogP contribution in [0.15, 0.2) is 0 Å². The quantitative estimate of drug-likeness (QED) is 0.805. The van der Waals surface area contributed by atoms with Crippen LogP contribution in [-0.4, -0.2) is 42.6 Å². The highest BCUT2D eigenvalue weighted by Gasteiger charge is 2.29. The summed E-state index contributed by atoms with van der Waals surface area (Å²) in [5, 5.41) is 0. The largest absolute Gasteiger partial charge is 0.370 e. The number of hydrogen-bond acceptors (Lipinski definition) is 3. The molecule has 4 nitrogen and oxygen atoms in total. The van der Waals surface area contributed by atoms with E-state index in [0.29, 0.717) is 24.9 Å². The molecule has 2 aliphatic rings. The van der Waals surface area contributed by atoms with Gasteiger partial charge >= 0.3 is 0 Å². The molecule has 0 radical (unpaired) electrons. The van der Waals surface area contributed by atoms with Crippen LogP contribution in [0.4, 0.5) is 0 Å². The predicted molar refractivity (Wildman–Crippen MR) is 66.5 cm³/mol. The van der Waals surface area contributed by atoms with E-state index in [1.54, 1.807) is 0 Å². The normalized spacial score (nSPS) is 30.8. The van der Waals surface area contributed by atoms with E-state index < -0.39 is 0 Å². The second-order valence-corrected chi connectivity index (χ2v) is 5.46. The van der Waals surface area contributed by atoms with E-state index in [1.807, 2.05) is 11.8 Å². The summed E-state index contributed by atoms with van der Waals surface area (Å²) in [6.07, 6.45) is 5.91. The summed E-state index contributed by atoms with van der Waals surface area (Å²) < 4.78 is 5.67. The molecule has 1 heterocycles. The van der Waals surface area contributed by atoms with E-state index in [0.717, 1.165) is 13.0 Å². The zero-order chi connectivity index (χ0) is 12.3. The summed E-state index contributed by atoms with van der Waals surface area (Å²) in [4.78, 5) is 14.1. The Morgan fingerprint density at radius 3 is 2.71 bits per heavy atom. The summed E-state index contributed by atoms with van der Waals surface area (Å²) >= 11 is 0. The van der Waals surface area contributed by atoms with Gasteiger partial charge in [0.15, 0.2) is 0 Å². The van der Waals surface area contributed by atoms with E-state index in [1.165, 1.54) is 25.7 Å². The second kappa shape index (κ2) is 5.83. The van der Waals surface area contributed by atoms with Crippen molar-refractivity contribution in [1.82, 2.24) is 4.90 Å². The van der Waals surface area contributed by atoms with E-state index in [2.05, 4.69) is 0 Å². The van der Waals surface area contributed by atoms with Crippen LogP contribution in [0.3, 0.4) is 0 Å². The van der Waals surface area contributed by atoms with Crippen LogP contribution in [0, 0.1) is 5.92 Å². The first-order chi connectivity index (χ1) is 8.19. The molecule has 17 heavy (non-hydrogen) atoms. The highest BCUT2D eigenvalue weighted by Crippen LogP contribution is 2.28. The molecule has 0 aromatic rings. The molecule has 1 saturated carbocycles. The molecule has 2 N–H and O–H groups in total. The molecule has 2 atom stereocenters. The third-order valence-corrected chi connectivity index (χ3v) is 3.88. The van der Waals surface area contributed by atoms with Crippen molar-refractivity contribution in [2.45, 2.75) is 51.2 Å². The van der Waals surface area contributed by atoms with Gasteiger partial charge in [0.05, 0.1) is 12.2 Å². The number of amides is 1. The van der Waals surface area contributed by atoms with Crippen molar-refractivity contribution in [3.63, 3.8) is 0 Å². The summed E-state index contributed by atoms with van der Waals surface area (Å²) in [6, 6.07) is 0. The number of morpholine rings is 1. The standard InChI is InChI=1S/C13H24N2O2/c1-10-8-15(9-12(7-14)17-10)13(16)6-11-4-2-3-5-11/h10-12H,2-9,14H2,1H3. The molecular formula is C13H24N2O2. The van der Waals surface area contributed by atoms with Gasteiger partial charge in [0.2, 0.25) is 5.91 Å². The second-order valence-electron chi connectivity index (χ2n) is 5.46. The van der Waals surface area contributed by atoms with E-state index in [-0.39, 0.29) is 12.2 Å². The van der Waals surface area contributed by atoms with Crippen LogP contribution in [-0.2, 0) is 9.53 Å². The maximum atomic E-state index is 12.2. The minimum Gasteiger partial charge on any atom is -0.370 e. The fourth-order valence-electron chi connectivity index (χ4n) is 2.97. The average molecular weight is 240 g/mol. The third-order valence-electron chi connectivity index (χ3n) is 3.88. The lowest BCUT2D eigenvalue weighted by atomic mass is 10.0. The summed E-state index contributed by atoms with van der Waals surface area (Å²) in [7, 11) is 0. The topological polar surface area (TPSA) is 55.6 Å². The maximum Gasteiger partial charge on any atom is 0.223 e. The Bertz CT molecular complexity index is 264. The van der Waals surface area contributed by atoms with Gasteiger partial charge < -0.3 is 15.4 Å². The van der Waals surface area contributed by atoms with Crippen LogP contribution in [0.25, 0.3) is 0 Å². The van der Waals surface area contributed by atoms with E-state index in [9.17, 15) is 4.79 Å². The van der Waals surface area contributed by atoms with Gasteiger partial charge in [-0.1, -0.05) is 12.8 Å². The maximum absolute atomic E-state index is 12.2. The van der Waals surface area contributed by atoms with Gasteiger partial charge in [-0.05, 0) is 25.7 Å². The minimum absolute atomic E-state index is 0.0197. The minimum atomic E-state index is 0.0197. The molecule has 4 heteroatoms. The Balaban J connectivity index is 1.84. The number of nitrogens with two attached hydrogens (primary N) is 1. The molecule has 1 saturated heterocycles. The Morgan fingerprint density at radius 1 is 1.35 bits per heavy atom. The smallest absolute Gasteiger partial charge is 0.223 e. The van der Waals surface area contributed by atoms with E-state index in [4.69, 9.17) is 10.5 Å². The zero-order valence-corrected chi connectivity index (χ0v) is 10.7. The summed E-state index contributed by atoms with van der Waals surface area (Å²) in [5.41, 5.74) is 5.63. The molecular weight excluding hydrogens is 216 g/mol. The van der Waals surface area contributed by atoms with Gasteiger partial charge in [0.1, 0.15) is 0 Å². The molecule has 2 rings (SSSR count). The first-order valence-corrected chi connectivity index (χ1v) is 6.82. The van der Waals surface area contributed by atoms with Crippen LogP contribution in [0.2, 0.25) is 0 Å². The van der Waals surface area contributed by atoms with Crippen molar-refractivity contribution in [1.29, 1.82) is 0 Å². The Kier molecular flexibility index (Phi) is 4.40. The van der Waals surface area contributed by atoms with Crippen molar-refractivity contribution in [2.24, 2.45) is 11.7 Å². The molecule has 2 unspecified atom stereocenters. The van der Waals surface area contributed by atoms with Crippen LogP contribution in [0.1, 0.15) is 39.0 Å². The summed E-state index contributed by atoms with van der Waals surface area (Å²) in [6.45, 7) is 3.91. The fourth-order valence-corrected chi connectivity index (χ4v) is 2.97. The van der Waals surface area contributed by atoms with Crippen LogP contribution < -0.4 is 5.73 Å². The molecule has 0 aromatic carbocycles. The third kappa shape index (κ3) is 3.42. The van der Waals surface area contributed by atoms with Gasteiger partial charge in [0.25, 0.3) is 0 Å². The highest BCUT2D eigenvalue weighted by atomic mass is 16.5. The predicted octanol–water partition coefficient (Wildman–Crippen LogP) is 1.14. The van der Waals surface area contributed by atoms with Crippen LogP contribution >= 0.6 is 0 Å². The molecule has 0 spiro atoms. The monoisotopic (exact) mass is 240 g/mol. The lowest BCUT2D eigenvalue weighted by Crippen LogP contribution is -2.51. The van der Waals surface area contributed by atoms with Crippen molar-refractivity contribution in [3.05, 3.63) is 0 Å². The number of hydrogen-bond donors (Lipinski definition) is 1. The van der Waals surface area contributed by atoms with Gasteiger partial charge in [0, 0.05) is 26.1 Å². The number of carbonyl (C=O) groups is 1. The summed E-state index contributed by atoms with van der Waals surface area (Å²) in [5.74, 6) is 0.919. The Morgan fingerprint density at radius 2 is 2.06 bits per heavy atom. The van der Waals surface area contributed by atoms with Gasteiger partial charge in [-0.2, -0.15) is 0 Å². The van der Waals surface area contributed by atoms with Crippen molar-refractivity contribution >= 4 is 5.91 Å². The molecule has 98 valence electrons. The van der Waals surface area contributed by atoms with E-state index >= 15 is 0 Å². The molecule has 2 fully saturated rings. The number of ether oxygens (including phenoxy) is 1. The molecule has 0 bridgehead atoms.